The van der Waals surface area contributed by atoms with Crippen molar-refractivity contribution in [3.05, 3.63) is 41.4 Å². The Morgan fingerprint density at radius 3 is 2.96 bits per heavy atom. The summed E-state index contributed by atoms with van der Waals surface area (Å²) in [4.78, 5) is 19.0. The Morgan fingerprint density at radius 2 is 2.26 bits per heavy atom. The maximum absolute atomic E-state index is 12.7. The summed E-state index contributed by atoms with van der Waals surface area (Å²) in [5.74, 6) is 0.371. The third kappa shape index (κ3) is 3.32. The van der Waals surface area contributed by atoms with Crippen LogP contribution in [-0.2, 0) is 24.4 Å². The minimum absolute atomic E-state index is 0.0575. The zero-order valence-electron chi connectivity index (χ0n) is 13.9. The molecule has 0 saturated heterocycles. The summed E-state index contributed by atoms with van der Waals surface area (Å²) < 4.78 is 13.2. The molecule has 0 N–H and O–H groups in total. The monoisotopic (exact) mass is 317 g/mol. The normalized spacial score (nSPS) is 14.9. The molecule has 0 saturated carbocycles. The first-order valence-corrected chi connectivity index (χ1v) is 8.04. The van der Waals surface area contributed by atoms with Crippen LogP contribution in [0.2, 0.25) is 0 Å². The Hall–Kier alpha value is -2.08. The van der Waals surface area contributed by atoms with Crippen molar-refractivity contribution in [3.8, 4) is 0 Å². The number of hydrogen-bond acceptors (Lipinski definition) is 4. The molecule has 23 heavy (non-hydrogen) atoms. The Morgan fingerprint density at radius 1 is 1.43 bits per heavy atom. The van der Waals surface area contributed by atoms with E-state index in [4.69, 9.17) is 9.15 Å². The molecule has 0 bridgehead atoms. The van der Waals surface area contributed by atoms with Crippen LogP contribution in [0, 0.1) is 6.92 Å². The van der Waals surface area contributed by atoms with Crippen LogP contribution in [0.4, 0.5) is 0 Å². The first-order chi connectivity index (χ1) is 11.1. The lowest BCUT2D eigenvalue weighted by atomic mass is 10.2. The minimum Gasteiger partial charge on any atom is -0.459 e. The van der Waals surface area contributed by atoms with Crippen molar-refractivity contribution in [2.45, 2.75) is 53.0 Å². The lowest BCUT2D eigenvalue weighted by Crippen LogP contribution is -2.31. The van der Waals surface area contributed by atoms with Gasteiger partial charge in [-0.05, 0) is 33.3 Å². The summed E-state index contributed by atoms with van der Waals surface area (Å²) in [6.45, 7) is 8.49. The van der Waals surface area contributed by atoms with E-state index < -0.39 is 0 Å². The number of rotatable bonds is 4. The Bertz CT molecular complexity index is 687. The van der Waals surface area contributed by atoms with E-state index in [2.05, 4.69) is 9.55 Å². The third-order valence-corrected chi connectivity index (χ3v) is 4.10. The molecule has 2 aromatic heterocycles. The average Bonchev–Trinajstić information content (AvgIpc) is 3.04. The number of amides is 1. The molecular weight excluding hydrogens is 294 g/mol. The van der Waals surface area contributed by atoms with Gasteiger partial charge in [0.05, 0.1) is 43.2 Å². The smallest absolute Gasteiger partial charge is 0.290 e. The van der Waals surface area contributed by atoms with Gasteiger partial charge < -0.3 is 18.6 Å². The van der Waals surface area contributed by atoms with E-state index in [0.29, 0.717) is 25.5 Å². The van der Waals surface area contributed by atoms with E-state index in [9.17, 15) is 4.79 Å². The number of carbonyl (C=O) groups is 1. The molecule has 0 spiro atoms. The van der Waals surface area contributed by atoms with Crippen LogP contribution in [-0.4, -0.2) is 33.0 Å². The first-order valence-electron chi connectivity index (χ1n) is 8.04. The third-order valence-electron chi connectivity index (χ3n) is 4.10. The lowest BCUT2D eigenvalue weighted by Gasteiger charge is -2.20. The minimum atomic E-state index is -0.0575. The average molecular weight is 317 g/mol. The second-order valence-electron chi connectivity index (χ2n) is 6.20. The topological polar surface area (TPSA) is 60.5 Å². The van der Waals surface area contributed by atoms with Gasteiger partial charge in [-0.15, -0.1) is 0 Å². The summed E-state index contributed by atoms with van der Waals surface area (Å²) >= 11 is 0. The number of hydrogen-bond donors (Lipinski definition) is 0. The molecule has 0 aromatic carbocycles. The number of aryl methyl sites for hydroxylation is 2. The van der Waals surface area contributed by atoms with Gasteiger partial charge in [0.15, 0.2) is 5.76 Å². The van der Waals surface area contributed by atoms with E-state index in [1.165, 1.54) is 0 Å². The van der Waals surface area contributed by atoms with Crippen molar-refractivity contribution < 1.29 is 13.9 Å². The Labute approximate surface area is 136 Å². The fourth-order valence-corrected chi connectivity index (χ4v) is 2.79. The van der Waals surface area contributed by atoms with Crippen LogP contribution in [0.5, 0.6) is 0 Å². The van der Waals surface area contributed by atoms with E-state index >= 15 is 0 Å². The summed E-state index contributed by atoms with van der Waals surface area (Å²) in [5, 5.41) is 0. The van der Waals surface area contributed by atoms with Crippen molar-refractivity contribution >= 4 is 5.91 Å². The predicted octanol–water partition coefficient (Wildman–Crippen LogP) is 2.76. The predicted molar refractivity (Wildman–Crippen MR) is 85.0 cm³/mol. The standard InChI is InChI=1S/C17H23N3O3/c1-12(2)23-10-14-15-9-19(6-4-7-20(15)11-18-14)17(21)16-13(3)5-8-22-16/h5,8,11-12H,4,6-7,9-10H2,1-3H3. The number of aromatic nitrogens is 2. The molecule has 1 amide bonds. The summed E-state index contributed by atoms with van der Waals surface area (Å²) in [6, 6.07) is 1.82. The molecule has 1 aliphatic heterocycles. The lowest BCUT2D eigenvalue weighted by molar-refractivity contribution is 0.0616. The molecule has 2 aromatic rings. The van der Waals surface area contributed by atoms with Crippen molar-refractivity contribution in [2.24, 2.45) is 0 Å². The summed E-state index contributed by atoms with van der Waals surface area (Å²) in [7, 11) is 0. The first kappa shape index (κ1) is 15.8. The van der Waals surface area contributed by atoms with Crippen molar-refractivity contribution in [1.82, 2.24) is 14.5 Å². The fourth-order valence-electron chi connectivity index (χ4n) is 2.79. The van der Waals surface area contributed by atoms with Gasteiger partial charge in [0.2, 0.25) is 0 Å². The number of furan rings is 1. The largest absolute Gasteiger partial charge is 0.459 e. The van der Waals surface area contributed by atoms with Gasteiger partial charge in [0.1, 0.15) is 0 Å². The highest BCUT2D eigenvalue weighted by molar-refractivity contribution is 5.92. The fraction of sp³-hybridized carbons (Fsp3) is 0.529. The van der Waals surface area contributed by atoms with Gasteiger partial charge in [0, 0.05) is 18.7 Å². The van der Waals surface area contributed by atoms with E-state index in [0.717, 1.165) is 29.9 Å². The molecule has 0 unspecified atom stereocenters. The zero-order valence-corrected chi connectivity index (χ0v) is 13.9. The number of imidazole rings is 1. The highest BCUT2D eigenvalue weighted by atomic mass is 16.5. The van der Waals surface area contributed by atoms with E-state index in [1.807, 2.05) is 38.1 Å². The van der Waals surface area contributed by atoms with Crippen LogP contribution >= 0.6 is 0 Å². The van der Waals surface area contributed by atoms with Crippen molar-refractivity contribution in [2.75, 3.05) is 6.54 Å². The Kier molecular flexibility index (Phi) is 4.52. The maximum Gasteiger partial charge on any atom is 0.290 e. The number of fused-ring (bicyclic) bond motifs is 1. The molecule has 0 radical (unpaired) electrons. The molecule has 0 aliphatic carbocycles. The van der Waals surface area contributed by atoms with E-state index in [-0.39, 0.29) is 12.0 Å². The second kappa shape index (κ2) is 6.58. The molecule has 124 valence electrons. The highest BCUT2D eigenvalue weighted by Gasteiger charge is 2.25. The molecule has 6 nitrogen and oxygen atoms in total. The SMILES string of the molecule is Cc1ccoc1C(=O)N1CCCn2cnc(COC(C)C)c2C1. The highest BCUT2D eigenvalue weighted by Crippen LogP contribution is 2.20. The van der Waals surface area contributed by atoms with Crippen molar-refractivity contribution in [3.63, 3.8) is 0 Å². The van der Waals surface area contributed by atoms with Gasteiger partial charge in [-0.25, -0.2) is 4.98 Å². The molecule has 0 fully saturated rings. The van der Waals surface area contributed by atoms with Gasteiger partial charge in [-0.1, -0.05) is 0 Å². The zero-order chi connectivity index (χ0) is 16.4. The van der Waals surface area contributed by atoms with Gasteiger partial charge >= 0.3 is 0 Å². The maximum atomic E-state index is 12.7. The van der Waals surface area contributed by atoms with Gasteiger partial charge in [-0.2, -0.15) is 0 Å². The molecule has 6 heteroatoms. The second-order valence-corrected chi connectivity index (χ2v) is 6.20. The van der Waals surface area contributed by atoms with Crippen LogP contribution < -0.4 is 0 Å². The van der Waals surface area contributed by atoms with Crippen LogP contribution in [0.15, 0.2) is 23.1 Å². The van der Waals surface area contributed by atoms with E-state index in [1.54, 1.807) is 6.26 Å². The number of nitrogens with zero attached hydrogens (tertiary/aromatic N) is 3. The molecule has 3 rings (SSSR count). The quantitative estimate of drug-likeness (QED) is 0.870. The van der Waals surface area contributed by atoms with Crippen molar-refractivity contribution in [1.29, 1.82) is 0 Å². The number of ether oxygens (including phenoxy) is 1. The molecule has 1 aliphatic rings. The molecule has 0 atom stereocenters. The Balaban J connectivity index is 1.81. The number of carbonyl (C=O) groups excluding carboxylic acids is 1. The van der Waals surface area contributed by atoms with Crippen LogP contribution in [0.1, 0.15) is 47.8 Å². The summed E-state index contributed by atoms with van der Waals surface area (Å²) in [6.07, 6.45) is 4.47. The van der Waals surface area contributed by atoms with Gasteiger partial charge in [0.25, 0.3) is 5.91 Å². The molecular formula is C17H23N3O3. The molecule has 3 heterocycles. The van der Waals surface area contributed by atoms with Crippen LogP contribution in [0.25, 0.3) is 0 Å². The summed E-state index contributed by atoms with van der Waals surface area (Å²) in [5.41, 5.74) is 2.84. The van der Waals surface area contributed by atoms with Crippen LogP contribution in [0.3, 0.4) is 0 Å². The van der Waals surface area contributed by atoms with Gasteiger partial charge in [-0.3, -0.25) is 4.79 Å².